The molecule has 2 aliphatic rings. The number of para-hydroxylation sites is 1. The standard InChI is InChI=1S/C65H74N4O14S/c1-4-59(70)78-40-14-8-6-12-38-76-51-26-30-53(31-27-51)80-61(72)46-18-20-48(21-19-46)63(74)82-55-34-35-57(50(42-55)43-67-69(44-45(3)36-37-66)65-68-56-16-10-11-17-58(56)84-65)83-64(75)49-24-22-47(23-25-49)62(73)81-54-32-28-52(29-33-54)77-39-13-7-9-15-41-79-60(71)5-2/h4-5,10-11,16-17,26-35,42-43,45-49H,1-2,6-9,12-15,18-25,36,38-41,44H2,3H3/b67-43-/t45?,46-,47-,48-,49-. The van der Waals surface area contributed by atoms with Crippen LogP contribution in [0.3, 0.4) is 0 Å². The molecule has 0 radical (unpaired) electrons. The number of hydrazone groups is 1. The van der Waals surface area contributed by atoms with Crippen molar-refractivity contribution in [3.63, 3.8) is 0 Å². The number of esters is 6. The molecule has 1 unspecified atom stereocenters. The van der Waals surface area contributed by atoms with Crippen LogP contribution in [0.2, 0.25) is 0 Å². The third-order valence-corrected chi connectivity index (χ3v) is 15.5. The molecular formula is C65H74N4O14S. The first-order valence-electron chi connectivity index (χ1n) is 29.0. The fourth-order valence-electron chi connectivity index (χ4n) is 9.66. The zero-order valence-corrected chi connectivity index (χ0v) is 48.5. The van der Waals surface area contributed by atoms with Crippen molar-refractivity contribution in [2.45, 2.75) is 116 Å². The lowest BCUT2D eigenvalue weighted by atomic mass is 9.82. The number of hydrogen-bond acceptors (Lipinski definition) is 19. The van der Waals surface area contributed by atoms with Gasteiger partial charge >= 0.3 is 35.8 Å². The summed E-state index contributed by atoms with van der Waals surface area (Å²) in [6.07, 6.45) is 14.4. The topological polar surface area (TPSA) is 229 Å². The number of hydrogen-bond donors (Lipinski definition) is 0. The van der Waals surface area contributed by atoms with Gasteiger partial charge in [-0.05, 0) is 188 Å². The van der Waals surface area contributed by atoms with E-state index in [-0.39, 0.29) is 35.8 Å². The van der Waals surface area contributed by atoms with Gasteiger partial charge in [-0.1, -0.05) is 43.6 Å². The first-order chi connectivity index (χ1) is 40.9. The molecule has 2 saturated carbocycles. The molecule has 444 valence electrons. The third kappa shape index (κ3) is 20.5. The lowest BCUT2D eigenvalue weighted by Gasteiger charge is -2.26. The number of ether oxygens (including phenoxy) is 8. The summed E-state index contributed by atoms with van der Waals surface area (Å²) in [6, 6.07) is 28.5. The molecule has 2 fully saturated rings. The number of aromatic nitrogens is 1. The first kappa shape index (κ1) is 63.2. The zero-order valence-electron chi connectivity index (χ0n) is 47.7. The molecule has 4 aromatic carbocycles. The predicted molar refractivity (Wildman–Crippen MR) is 317 cm³/mol. The molecule has 1 atom stereocenters. The summed E-state index contributed by atoms with van der Waals surface area (Å²) in [5.74, 6) is -1.86. The minimum absolute atomic E-state index is 0.0793. The Morgan fingerprint density at radius 1 is 0.595 bits per heavy atom. The number of nitriles is 1. The molecule has 0 spiro atoms. The Kier molecular flexibility index (Phi) is 25.3. The van der Waals surface area contributed by atoms with Gasteiger partial charge in [-0.2, -0.15) is 10.4 Å². The molecule has 19 heteroatoms. The zero-order chi connectivity index (χ0) is 59.5. The highest BCUT2D eigenvalue weighted by Gasteiger charge is 2.34. The lowest BCUT2D eigenvalue weighted by Crippen LogP contribution is -2.30. The summed E-state index contributed by atoms with van der Waals surface area (Å²) in [6.45, 7) is 10.9. The average molecular weight is 1170 g/mol. The third-order valence-electron chi connectivity index (χ3n) is 14.5. The minimum Gasteiger partial charge on any atom is -0.494 e. The van der Waals surface area contributed by atoms with Crippen LogP contribution in [0.4, 0.5) is 5.13 Å². The van der Waals surface area contributed by atoms with Crippen molar-refractivity contribution in [3.05, 3.63) is 122 Å². The van der Waals surface area contributed by atoms with E-state index >= 15 is 0 Å². The Labute approximate surface area is 494 Å². The van der Waals surface area contributed by atoms with Gasteiger partial charge in [0.15, 0.2) is 0 Å². The van der Waals surface area contributed by atoms with E-state index in [1.165, 1.54) is 17.6 Å². The minimum atomic E-state index is -0.497. The summed E-state index contributed by atoms with van der Waals surface area (Å²) in [5.41, 5.74) is 1.15. The van der Waals surface area contributed by atoms with Gasteiger partial charge in [-0.25, -0.2) is 19.6 Å². The van der Waals surface area contributed by atoms with Crippen molar-refractivity contribution in [1.82, 2.24) is 4.98 Å². The van der Waals surface area contributed by atoms with Crippen molar-refractivity contribution in [2.24, 2.45) is 34.7 Å². The Balaban J connectivity index is 0.916. The Morgan fingerprint density at radius 2 is 1.02 bits per heavy atom. The summed E-state index contributed by atoms with van der Waals surface area (Å²) < 4.78 is 46.2. The van der Waals surface area contributed by atoms with Gasteiger partial charge in [0.2, 0.25) is 5.13 Å². The molecular weight excluding hydrogens is 1090 g/mol. The number of anilines is 1. The monoisotopic (exact) mass is 1170 g/mol. The normalized spacial score (nSPS) is 17.0. The molecule has 84 heavy (non-hydrogen) atoms. The molecule has 0 N–H and O–H groups in total. The van der Waals surface area contributed by atoms with Crippen LogP contribution >= 0.6 is 11.3 Å². The smallest absolute Gasteiger partial charge is 0.330 e. The largest absolute Gasteiger partial charge is 0.494 e. The van der Waals surface area contributed by atoms with Gasteiger partial charge < -0.3 is 37.9 Å². The van der Waals surface area contributed by atoms with Gasteiger partial charge in [-0.15, -0.1) is 0 Å². The SMILES string of the molecule is C=CC(=O)OCCCCCCOc1ccc(OC(=O)[C@H]2CC[C@H](C(=O)Oc3ccc(OC(=O)[C@H]4CC[C@H](C(=O)Oc5ccc(OCCCCCCOC(=O)C=C)cc5)CC4)c(/C=N\N(CC(C)CC#N)c4nc5ccccc5s4)c3)CC2)cc1. The van der Waals surface area contributed by atoms with Crippen LogP contribution in [-0.4, -0.2) is 80.0 Å². The highest BCUT2D eigenvalue weighted by Crippen LogP contribution is 2.36. The highest BCUT2D eigenvalue weighted by molar-refractivity contribution is 7.22. The maximum Gasteiger partial charge on any atom is 0.330 e. The van der Waals surface area contributed by atoms with Gasteiger partial charge in [0.25, 0.3) is 0 Å². The summed E-state index contributed by atoms with van der Waals surface area (Å²) in [5, 5.41) is 16.7. The first-order valence-corrected chi connectivity index (χ1v) is 29.8. The Hall–Kier alpha value is -8.37. The van der Waals surface area contributed by atoms with Crippen LogP contribution < -0.4 is 33.4 Å². The number of thiazole rings is 1. The highest BCUT2D eigenvalue weighted by atomic mass is 32.1. The van der Waals surface area contributed by atoms with E-state index in [2.05, 4.69) is 19.2 Å². The Bertz CT molecular complexity index is 3030. The summed E-state index contributed by atoms with van der Waals surface area (Å²) >= 11 is 1.45. The second-order valence-corrected chi connectivity index (χ2v) is 22.0. The van der Waals surface area contributed by atoms with Crippen LogP contribution in [0.25, 0.3) is 10.2 Å². The van der Waals surface area contributed by atoms with Crippen LogP contribution in [-0.2, 0) is 38.2 Å². The number of rotatable bonds is 32. The van der Waals surface area contributed by atoms with Crippen LogP contribution in [0, 0.1) is 40.9 Å². The van der Waals surface area contributed by atoms with Crippen molar-refractivity contribution in [1.29, 1.82) is 5.26 Å². The maximum atomic E-state index is 13.9. The van der Waals surface area contributed by atoms with E-state index in [9.17, 15) is 34.0 Å². The number of nitrogens with zero attached hydrogens (tertiary/aromatic N) is 4. The van der Waals surface area contributed by atoms with E-state index in [0.29, 0.717) is 118 Å². The quantitative estimate of drug-likeness (QED) is 0.00973. The van der Waals surface area contributed by atoms with Gasteiger partial charge in [0.05, 0.1) is 72.6 Å². The van der Waals surface area contributed by atoms with Crippen LogP contribution in [0.15, 0.2) is 121 Å². The van der Waals surface area contributed by atoms with Crippen LogP contribution in [0.1, 0.15) is 122 Å². The molecule has 18 nitrogen and oxygen atoms in total. The fourth-order valence-corrected chi connectivity index (χ4v) is 10.6. The second kappa shape index (κ2) is 33.7. The molecule has 0 amide bonds. The predicted octanol–water partition coefficient (Wildman–Crippen LogP) is 12.7. The molecule has 5 aromatic rings. The fraction of sp³-hybridized carbons (Fsp3) is 0.431. The molecule has 2 aliphatic carbocycles. The van der Waals surface area contributed by atoms with Crippen molar-refractivity contribution >= 4 is 68.7 Å². The van der Waals surface area contributed by atoms with E-state index < -0.39 is 47.5 Å². The van der Waals surface area contributed by atoms with E-state index in [1.54, 1.807) is 71.7 Å². The number of carbonyl (C=O) groups is 6. The molecule has 1 heterocycles. The number of carbonyl (C=O) groups excluding carboxylic acids is 6. The van der Waals surface area contributed by atoms with Gasteiger partial charge in [0.1, 0.15) is 34.5 Å². The lowest BCUT2D eigenvalue weighted by molar-refractivity contribution is -0.145. The number of unbranched alkanes of at least 4 members (excludes halogenated alkanes) is 6. The maximum absolute atomic E-state index is 13.9. The summed E-state index contributed by atoms with van der Waals surface area (Å²) in [7, 11) is 0. The molecule has 1 aromatic heterocycles. The molecule has 7 rings (SSSR count). The number of benzene rings is 4. The van der Waals surface area contributed by atoms with Crippen LogP contribution in [0.5, 0.6) is 34.5 Å². The van der Waals surface area contributed by atoms with Gasteiger partial charge in [-0.3, -0.25) is 19.2 Å². The van der Waals surface area contributed by atoms with Crippen molar-refractivity contribution in [3.8, 4) is 40.6 Å². The Morgan fingerprint density at radius 3 is 1.49 bits per heavy atom. The van der Waals surface area contributed by atoms with E-state index in [1.807, 2.05) is 31.2 Å². The average Bonchev–Trinajstić information content (AvgIpc) is 3.79. The molecule has 0 bridgehead atoms. The van der Waals surface area contributed by atoms with Crippen molar-refractivity contribution < 1.29 is 66.7 Å². The molecule has 0 aliphatic heterocycles. The van der Waals surface area contributed by atoms with E-state index in [4.69, 9.17) is 48.0 Å². The van der Waals surface area contributed by atoms with Gasteiger partial charge in [0, 0.05) is 30.7 Å². The molecule has 0 saturated heterocycles. The second-order valence-electron chi connectivity index (χ2n) is 21.0. The summed E-state index contributed by atoms with van der Waals surface area (Å²) in [4.78, 5) is 81.4. The van der Waals surface area contributed by atoms with Crippen molar-refractivity contribution in [2.75, 3.05) is 38.0 Å². The number of fused-ring (bicyclic) bond motifs is 1. The van der Waals surface area contributed by atoms with E-state index in [0.717, 1.165) is 73.7 Å².